The summed E-state index contributed by atoms with van der Waals surface area (Å²) >= 11 is 0. The first-order valence-electron chi connectivity index (χ1n) is 17.1. The molecule has 0 saturated heterocycles. The molecule has 4 heteroatoms. The van der Waals surface area contributed by atoms with E-state index in [0.717, 1.165) is 62.1 Å². The summed E-state index contributed by atoms with van der Waals surface area (Å²) < 4.78 is 9.39. The maximum atomic E-state index is 6.99. The molecule has 49 heavy (non-hydrogen) atoms. The van der Waals surface area contributed by atoms with Crippen molar-refractivity contribution in [2.75, 3.05) is 0 Å². The number of benzene rings is 6. The maximum Gasteiger partial charge on any atom is 0.163 e. The normalized spacial score (nSPS) is 13.4. The topological polar surface area (TPSA) is 43.9 Å². The summed E-state index contributed by atoms with van der Waals surface area (Å²) in [7, 11) is 0. The number of hydrogen-bond donors (Lipinski definition) is 0. The monoisotopic (exact) mass is 631 g/mol. The molecule has 6 aromatic carbocycles. The van der Waals surface area contributed by atoms with Crippen LogP contribution < -0.4 is 0 Å². The highest BCUT2D eigenvalue weighted by molar-refractivity contribution is 6.15. The van der Waals surface area contributed by atoms with E-state index >= 15 is 0 Å². The molecule has 10 rings (SSSR count). The average molecular weight is 632 g/mol. The number of aromatic nitrogens is 3. The van der Waals surface area contributed by atoms with Gasteiger partial charge in [0.05, 0.1) is 28.0 Å². The van der Waals surface area contributed by atoms with E-state index < -0.39 is 0 Å². The fraction of sp³-hybridized carbons (Fsp3) is 0.111. The van der Waals surface area contributed by atoms with E-state index in [1.807, 2.05) is 18.2 Å². The van der Waals surface area contributed by atoms with Gasteiger partial charge in [-0.2, -0.15) is 0 Å². The van der Waals surface area contributed by atoms with Crippen molar-refractivity contribution in [3.63, 3.8) is 0 Å². The molecule has 1 aliphatic rings. The Morgan fingerprint density at radius 3 is 2.14 bits per heavy atom. The molecule has 0 fully saturated rings. The van der Waals surface area contributed by atoms with Crippen LogP contribution in [0, 0.1) is 0 Å². The minimum atomic E-state index is -0.104. The van der Waals surface area contributed by atoms with E-state index in [1.165, 1.54) is 38.5 Å². The van der Waals surface area contributed by atoms with Crippen LogP contribution in [0.3, 0.4) is 0 Å². The fourth-order valence-corrected chi connectivity index (χ4v) is 8.14. The molecule has 0 spiro atoms. The van der Waals surface area contributed by atoms with Crippen molar-refractivity contribution in [3.05, 3.63) is 150 Å². The van der Waals surface area contributed by atoms with E-state index in [9.17, 15) is 0 Å². The molecule has 0 atom stereocenters. The second-order valence-electron chi connectivity index (χ2n) is 13.7. The molecule has 0 aliphatic heterocycles. The molecular formula is C45H33N3O. The predicted octanol–water partition coefficient (Wildman–Crippen LogP) is 11.7. The summed E-state index contributed by atoms with van der Waals surface area (Å²) in [6.45, 7) is 6.82. The Hall–Kier alpha value is -6.00. The van der Waals surface area contributed by atoms with E-state index in [1.54, 1.807) is 0 Å². The van der Waals surface area contributed by atoms with Gasteiger partial charge in [-0.3, -0.25) is 0 Å². The lowest BCUT2D eigenvalue weighted by atomic mass is 9.82. The first-order valence-corrected chi connectivity index (χ1v) is 17.1. The Bertz CT molecular complexity index is 2780. The molecule has 0 unspecified atom stereocenters. The maximum absolute atomic E-state index is 6.99. The zero-order chi connectivity index (χ0) is 32.9. The highest BCUT2D eigenvalue weighted by Crippen LogP contribution is 2.51. The minimum absolute atomic E-state index is 0.104. The number of rotatable bonds is 4. The largest absolute Gasteiger partial charge is 0.453 e. The summed E-state index contributed by atoms with van der Waals surface area (Å²) in [6, 6.07) is 47.7. The van der Waals surface area contributed by atoms with Crippen LogP contribution in [-0.4, -0.2) is 14.5 Å². The van der Waals surface area contributed by atoms with E-state index in [2.05, 4.69) is 141 Å². The number of para-hydroxylation sites is 3. The van der Waals surface area contributed by atoms with Gasteiger partial charge < -0.3 is 8.98 Å². The van der Waals surface area contributed by atoms with Crippen LogP contribution in [0.25, 0.3) is 83.2 Å². The van der Waals surface area contributed by atoms with Crippen LogP contribution in [-0.2, 0) is 11.8 Å². The highest BCUT2D eigenvalue weighted by Gasteiger charge is 2.36. The Labute approximate surface area is 284 Å². The molecule has 9 aromatic rings. The Morgan fingerprint density at radius 1 is 0.571 bits per heavy atom. The number of nitrogens with zero attached hydrogens (tertiary/aromatic N) is 3. The van der Waals surface area contributed by atoms with Crippen molar-refractivity contribution in [1.29, 1.82) is 0 Å². The first kappa shape index (κ1) is 28.1. The zero-order valence-corrected chi connectivity index (χ0v) is 27.7. The summed E-state index contributed by atoms with van der Waals surface area (Å²) in [5, 5.41) is 4.60. The smallest absolute Gasteiger partial charge is 0.163 e. The predicted molar refractivity (Wildman–Crippen MR) is 201 cm³/mol. The summed E-state index contributed by atoms with van der Waals surface area (Å²) in [5.41, 5.74) is 14.2. The molecule has 0 radical (unpaired) electrons. The number of aryl methyl sites for hydroxylation is 1. The molecule has 3 aromatic heterocycles. The lowest BCUT2D eigenvalue weighted by Crippen LogP contribution is -2.14. The van der Waals surface area contributed by atoms with E-state index in [-0.39, 0.29) is 5.41 Å². The van der Waals surface area contributed by atoms with Crippen LogP contribution in [0.2, 0.25) is 0 Å². The summed E-state index contributed by atoms with van der Waals surface area (Å²) in [6.07, 6.45) is 0.814. The third-order valence-electron chi connectivity index (χ3n) is 10.6. The van der Waals surface area contributed by atoms with Gasteiger partial charge in [-0.25, -0.2) is 9.97 Å². The molecule has 3 heterocycles. The molecule has 1 aliphatic carbocycles. The molecule has 4 nitrogen and oxygen atoms in total. The highest BCUT2D eigenvalue weighted by atomic mass is 16.3. The van der Waals surface area contributed by atoms with Crippen LogP contribution in [0.15, 0.2) is 138 Å². The molecular weight excluding hydrogens is 599 g/mol. The molecule has 0 N–H and O–H groups in total. The minimum Gasteiger partial charge on any atom is -0.453 e. The SMILES string of the molecule is CCc1cc(-c2ccccc2)nc(-c2cccc3c2oc2c(-n4c5ccccc5c5cc6c(cc54)C(C)(C)c4ccccc4-6)cccc23)n1. The van der Waals surface area contributed by atoms with Gasteiger partial charge >= 0.3 is 0 Å². The van der Waals surface area contributed by atoms with Crippen LogP contribution >= 0.6 is 0 Å². The van der Waals surface area contributed by atoms with Gasteiger partial charge in [0.2, 0.25) is 0 Å². The van der Waals surface area contributed by atoms with Crippen LogP contribution in [0.4, 0.5) is 0 Å². The van der Waals surface area contributed by atoms with Crippen molar-refractivity contribution in [3.8, 4) is 39.5 Å². The molecule has 234 valence electrons. The standard InChI is InChI=1S/C45H33N3O/c1-4-28-24-38(27-14-6-5-7-15-27)47-44(46-28)33-20-12-18-31-32-19-13-23-40(43(32)49-42(31)33)48-39-22-11-9-17-30(39)35-25-34-29-16-8-10-21-36(29)45(2,3)37(34)26-41(35)48/h5-26H,4H2,1-3H3. The van der Waals surface area contributed by atoms with Gasteiger partial charge in [-0.15, -0.1) is 0 Å². The second-order valence-corrected chi connectivity index (χ2v) is 13.7. The van der Waals surface area contributed by atoms with Gasteiger partial charge in [0.15, 0.2) is 11.4 Å². The summed E-state index contributed by atoms with van der Waals surface area (Å²) in [5.74, 6) is 0.679. The number of hydrogen-bond acceptors (Lipinski definition) is 3. The van der Waals surface area contributed by atoms with Gasteiger partial charge in [-0.05, 0) is 65.1 Å². The Balaban J connectivity index is 1.24. The third kappa shape index (κ3) is 3.98. The van der Waals surface area contributed by atoms with Gasteiger partial charge in [0, 0.05) is 38.2 Å². The lowest BCUT2D eigenvalue weighted by Gasteiger charge is -2.21. The van der Waals surface area contributed by atoms with Gasteiger partial charge in [0.25, 0.3) is 0 Å². The van der Waals surface area contributed by atoms with E-state index in [4.69, 9.17) is 14.4 Å². The first-order chi connectivity index (χ1) is 24.0. The average Bonchev–Trinajstić information content (AvgIpc) is 3.77. The molecule has 0 bridgehead atoms. The Kier molecular flexibility index (Phi) is 5.87. The van der Waals surface area contributed by atoms with Crippen molar-refractivity contribution < 1.29 is 4.42 Å². The fourth-order valence-electron chi connectivity index (χ4n) is 8.14. The van der Waals surface area contributed by atoms with Crippen molar-refractivity contribution in [2.24, 2.45) is 0 Å². The van der Waals surface area contributed by atoms with Crippen molar-refractivity contribution >= 4 is 43.7 Å². The molecule has 0 saturated carbocycles. The van der Waals surface area contributed by atoms with Crippen LogP contribution in [0.5, 0.6) is 0 Å². The number of fused-ring (bicyclic) bond motifs is 9. The van der Waals surface area contributed by atoms with Gasteiger partial charge in [-0.1, -0.05) is 118 Å². The second kappa shape index (κ2) is 10.2. The quantitative estimate of drug-likeness (QED) is 0.194. The van der Waals surface area contributed by atoms with Crippen molar-refractivity contribution in [1.82, 2.24) is 14.5 Å². The lowest BCUT2D eigenvalue weighted by molar-refractivity contribution is 0.660. The third-order valence-corrected chi connectivity index (χ3v) is 10.6. The van der Waals surface area contributed by atoms with Crippen LogP contribution in [0.1, 0.15) is 37.6 Å². The Morgan fingerprint density at radius 2 is 1.29 bits per heavy atom. The van der Waals surface area contributed by atoms with E-state index in [0.29, 0.717) is 5.82 Å². The molecule has 0 amide bonds. The van der Waals surface area contributed by atoms with Gasteiger partial charge in [0.1, 0.15) is 5.58 Å². The summed E-state index contributed by atoms with van der Waals surface area (Å²) in [4.78, 5) is 10.1. The zero-order valence-electron chi connectivity index (χ0n) is 27.7. The van der Waals surface area contributed by atoms with Crippen molar-refractivity contribution in [2.45, 2.75) is 32.6 Å². The number of furan rings is 1.